The molecule has 3 heteroatoms. The lowest BCUT2D eigenvalue weighted by atomic mass is 10.2. The molecule has 2 aliphatic rings. The molecule has 0 saturated heterocycles. The number of hydrogen-bond acceptors (Lipinski definition) is 3. The molecule has 1 N–H and O–H groups in total. The summed E-state index contributed by atoms with van der Waals surface area (Å²) in [5, 5.41) is 3.56. The van der Waals surface area contributed by atoms with Gasteiger partial charge in [0.25, 0.3) is 0 Å². The zero-order valence-electron chi connectivity index (χ0n) is 11.5. The third-order valence-corrected chi connectivity index (χ3v) is 4.06. The molecule has 2 fully saturated rings. The van der Waals surface area contributed by atoms with E-state index in [1.165, 1.54) is 31.2 Å². The number of hydrogen-bond donors (Lipinski definition) is 1. The third kappa shape index (κ3) is 2.96. The Morgan fingerprint density at radius 3 is 2.72 bits per heavy atom. The van der Waals surface area contributed by atoms with Gasteiger partial charge in [-0.1, -0.05) is 6.92 Å². The Hall–Kier alpha value is -0.800. The maximum absolute atomic E-state index is 5.90. The van der Waals surface area contributed by atoms with Gasteiger partial charge in [0.2, 0.25) is 0 Å². The summed E-state index contributed by atoms with van der Waals surface area (Å²) in [5.41, 5.74) is 1.34. The van der Waals surface area contributed by atoms with Crippen LogP contribution in [0.3, 0.4) is 0 Å². The van der Waals surface area contributed by atoms with Crippen molar-refractivity contribution in [3.8, 4) is 0 Å². The molecule has 3 rings (SSSR count). The van der Waals surface area contributed by atoms with Crippen molar-refractivity contribution in [1.82, 2.24) is 10.2 Å². The highest BCUT2D eigenvalue weighted by Gasteiger charge is 2.28. The maximum Gasteiger partial charge on any atom is 0.118 e. The van der Waals surface area contributed by atoms with E-state index < -0.39 is 0 Å². The second-order valence-electron chi connectivity index (χ2n) is 5.74. The van der Waals surface area contributed by atoms with Gasteiger partial charge in [0.15, 0.2) is 0 Å². The van der Waals surface area contributed by atoms with Crippen LogP contribution in [-0.4, -0.2) is 23.5 Å². The zero-order valence-corrected chi connectivity index (χ0v) is 11.5. The van der Waals surface area contributed by atoms with Crippen molar-refractivity contribution in [2.45, 2.75) is 64.7 Å². The molecule has 2 saturated carbocycles. The molecule has 1 aromatic heterocycles. The predicted molar refractivity (Wildman–Crippen MR) is 72.4 cm³/mol. The standard InChI is InChI=1S/C15H24N2O/c1-3-17(14-6-7-14)10-15-8-12(11(2)18-15)9-16-13-4-5-13/h8,13-14,16H,3-7,9-10H2,1-2H3. The highest BCUT2D eigenvalue weighted by atomic mass is 16.3. The van der Waals surface area contributed by atoms with Crippen LogP contribution in [0.25, 0.3) is 0 Å². The van der Waals surface area contributed by atoms with Crippen molar-refractivity contribution >= 4 is 0 Å². The lowest BCUT2D eigenvalue weighted by Gasteiger charge is -2.17. The Bertz CT molecular complexity index is 405. The summed E-state index contributed by atoms with van der Waals surface area (Å²) in [6.45, 7) is 7.39. The first-order valence-electron chi connectivity index (χ1n) is 7.32. The van der Waals surface area contributed by atoms with E-state index in [1.54, 1.807) is 0 Å². The molecule has 100 valence electrons. The van der Waals surface area contributed by atoms with Gasteiger partial charge in [-0.3, -0.25) is 4.90 Å². The Labute approximate surface area is 110 Å². The molecule has 0 atom stereocenters. The number of nitrogens with zero attached hydrogens (tertiary/aromatic N) is 1. The SMILES string of the molecule is CCN(Cc1cc(CNC2CC2)c(C)o1)C1CC1. The van der Waals surface area contributed by atoms with Crippen molar-refractivity contribution in [3.05, 3.63) is 23.2 Å². The first kappa shape index (κ1) is 12.2. The highest BCUT2D eigenvalue weighted by Crippen LogP contribution is 2.29. The highest BCUT2D eigenvalue weighted by molar-refractivity contribution is 5.21. The third-order valence-electron chi connectivity index (χ3n) is 4.06. The van der Waals surface area contributed by atoms with Crippen molar-refractivity contribution in [2.75, 3.05) is 6.54 Å². The van der Waals surface area contributed by atoms with Gasteiger partial charge in [-0.2, -0.15) is 0 Å². The second-order valence-corrected chi connectivity index (χ2v) is 5.74. The van der Waals surface area contributed by atoms with Crippen molar-refractivity contribution in [2.24, 2.45) is 0 Å². The van der Waals surface area contributed by atoms with Crippen LogP contribution in [-0.2, 0) is 13.1 Å². The minimum atomic E-state index is 0.765. The van der Waals surface area contributed by atoms with Crippen molar-refractivity contribution in [1.29, 1.82) is 0 Å². The summed E-state index contributed by atoms with van der Waals surface area (Å²) in [7, 11) is 0. The summed E-state index contributed by atoms with van der Waals surface area (Å²) in [4.78, 5) is 2.52. The number of rotatable bonds is 7. The van der Waals surface area contributed by atoms with E-state index in [0.717, 1.165) is 43.2 Å². The van der Waals surface area contributed by atoms with Crippen molar-refractivity contribution in [3.63, 3.8) is 0 Å². The molecule has 0 spiro atoms. The van der Waals surface area contributed by atoms with E-state index >= 15 is 0 Å². The number of furan rings is 1. The van der Waals surface area contributed by atoms with Crippen LogP contribution in [0.15, 0.2) is 10.5 Å². The predicted octanol–water partition coefficient (Wildman–Crippen LogP) is 2.82. The molecule has 0 unspecified atom stereocenters. The molecule has 0 amide bonds. The van der Waals surface area contributed by atoms with Gasteiger partial charge in [0.1, 0.15) is 11.5 Å². The summed E-state index contributed by atoms with van der Waals surface area (Å²) in [6.07, 6.45) is 5.41. The summed E-state index contributed by atoms with van der Waals surface area (Å²) in [6, 6.07) is 3.82. The van der Waals surface area contributed by atoms with Crippen molar-refractivity contribution < 1.29 is 4.42 Å². The average Bonchev–Trinajstić information content (AvgIpc) is 3.24. The number of aryl methyl sites for hydroxylation is 1. The molecular formula is C15H24N2O. The van der Waals surface area contributed by atoms with Gasteiger partial charge in [-0.05, 0) is 45.2 Å². The van der Waals surface area contributed by atoms with E-state index in [-0.39, 0.29) is 0 Å². The van der Waals surface area contributed by atoms with Gasteiger partial charge < -0.3 is 9.73 Å². The van der Waals surface area contributed by atoms with Crippen LogP contribution in [0.4, 0.5) is 0 Å². The van der Waals surface area contributed by atoms with E-state index in [1.807, 2.05) is 0 Å². The molecule has 1 heterocycles. The monoisotopic (exact) mass is 248 g/mol. The fourth-order valence-corrected chi connectivity index (χ4v) is 2.52. The zero-order chi connectivity index (χ0) is 12.5. The molecular weight excluding hydrogens is 224 g/mol. The van der Waals surface area contributed by atoms with Crippen LogP contribution < -0.4 is 5.32 Å². The van der Waals surface area contributed by atoms with Crippen LogP contribution >= 0.6 is 0 Å². The van der Waals surface area contributed by atoms with Crippen LogP contribution in [0.2, 0.25) is 0 Å². The van der Waals surface area contributed by atoms with Gasteiger partial charge in [-0.25, -0.2) is 0 Å². The minimum absolute atomic E-state index is 0.765. The molecule has 0 aliphatic heterocycles. The largest absolute Gasteiger partial charge is 0.465 e. The fourth-order valence-electron chi connectivity index (χ4n) is 2.52. The van der Waals surface area contributed by atoms with Crippen LogP contribution in [0.1, 0.15) is 49.7 Å². The van der Waals surface area contributed by atoms with Gasteiger partial charge in [0, 0.05) is 24.2 Å². The Kier molecular flexibility index (Phi) is 3.44. The van der Waals surface area contributed by atoms with Gasteiger partial charge in [-0.15, -0.1) is 0 Å². The average molecular weight is 248 g/mol. The lowest BCUT2D eigenvalue weighted by Crippen LogP contribution is -2.24. The number of nitrogens with one attached hydrogen (secondary N) is 1. The Balaban J connectivity index is 1.59. The van der Waals surface area contributed by atoms with Crippen LogP contribution in [0.5, 0.6) is 0 Å². The minimum Gasteiger partial charge on any atom is -0.465 e. The first-order valence-corrected chi connectivity index (χ1v) is 7.32. The summed E-state index contributed by atoms with van der Waals surface area (Å²) in [5.74, 6) is 2.22. The molecule has 2 aliphatic carbocycles. The Morgan fingerprint density at radius 2 is 2.11 bits per heavy atom. The summed E-state index contributed by atoms with van der Waals surface area (Å²) < 4.78 is 5.90. The van der Waals surface area contributed by atoms with E-state index in [2.05, 4.69) is 30.1 Å². The fraction of sp³-hybridized carbons (Fsp3) is 0.733. The first-order chi connectivity index (χ1) is 8.76. The second kappa shape index (κ2) is 5.06. The molecule has 0 bridgehead atoms. The molecule has 1 aromatic rings. The molecule has 18 heavy (non-hydrogen) atoms. The van der Waals surface area contributed by atoms with Gasteiger partial charge in [0.05, 0.1) is 6.54 Å². The topological polar surface area (TPSA) is 28.4 Å². The lowest BCUT2D eigenvalue weighted by molar-refractivity contribution is 0.244. The Morgan fingerprint density at radius 1 is 1.33 bits per heavy atom. The normalized spacial score (nSPS) is 19.7. The molecule has 0 radical (unpaired) electrons. The summed E-state index contributed by atoms with van der Waals surface area (Å²) >= 11 is 0. The molecule has 3 nitrogen and oxygen atoms in total. The quantitative estimate of drug-likeness (QED) is 0.804. The molecule has 0 aromatic carbocycles. The maximum atomic E-state index is 5.90. The van der Waals surface area contributed by atoms with Crippen LogP contribution in [0, 0.1) is 6.92 Å². The van der Waals surface area contributed by atoms with E-state index in [4.69, 9.17) is 4.42 Å². The van der Waals surface area contributed by atoms with E-state index in [0.29, 0.717) is 0 Å². The van der Waals surface area contributed by atoms with E-state index in [9.17, 15) is 0 Å². The smallest absolute Gasteiger partial charge is 0.118 e. The van der Waals surface area contributed by atoms with Gasteiger partial charge >= 0.3 is 0 Å².